The highest BCUT2D eigenvalue weighted by atomic mass is 35.5. The van der Waals surface area contributed by atoms with E-state index < -0.39 is 6.04 Å². The number of aromatic nitrogens is 2. The molecular formula is C21H20ClN3O3. The Bertz CT molecular complexity index is 1060. The molecule has 3 N–H and O–H groups in total. The Morgan fingerprint density at radius 2 is 1.93 bits per heavy atom. The minimum Gasteiger partial charge on any atom is -0.507 e. The first kappa shape index (κ1) is 18.5. The van der Waals surface area contributed by atoms with Gasteiger partial charge in [-0.25, -0.2) is 0 Å². The normalized spacial score (nSPS) is 15.9. The van der Waals surface area contributed by atoms with Gasteiger partial charge < -0.3 is 15.1 Å². The molecule has 1 aromatic heterocycles. The van der Waals surface area contributed by atoms with E-state index in [1.807, 2.05) is 38.1 Å². The number of amides is 1. The molecule has 0 radical (unpaired) electrons. The number of phenolic OH excluding ortho intramolecular Hbond substituents is 1. The summed E-state index contributed by atoms with van der Waals surface area (Å²) >= 11 is 6.03. The highest BCUT2D eigenvalue weighted by Gasteiger charge is 2.42. The van der Waals surface area contributed by atoms with Crippen LogP contribution >= 0.6 is 11.6 Å². The van der Waals surface area contributed by atoms with Crippen molar-refractivity contribution in [3.63, 3.8) is 0 Å². The van der Waals surface area contributed by atoms with Gasteiger partial charge in [0.15, 0.2) is 0 Å². The Morgan fingerprint density at radius 1 is 1.21 bits per heavy atom. The lowest BCUT2D eigenvalue weighted by Crippen LogP contribution is -2.32. The van der Waals surface area contributed by atoms with Crippen LogP contribution < -0.4 is 0 Å². The second-order valence-corrected chi connectivity index (χ2v) is 7.45. The minimum absolute atomic E-state index is 0.141. The van der Waals surface area contributed by atoms with Crippen molar-refractivity contribution in [1.29, 1.82) is 0 Å². The maximum absolute atomic E-state index is 13.0. The molecule has 0 bridgehead atoms. The SMILES string of the molecule is Cc1cc(C)c(O)c(-c2n[nH]c3c2[C@H](c2ccc(Cl)cc2)N(CCO)C3=O)c1. The number of fused-ring (bicyclic) bond motifs is 1. The van der Waals surface area contributed by atoms with Crippen LogP contribution in [0.5, 0.6) is 5.75 Å². The fraction of sp³-hybridized carbons (Fsp3) is 0.238. The summed E-state index contributed by atoms with van der Waals surface area (Å²) in [7, 11) is 0. The van der Waals surface area contributed by atoms with Gasteiger partial charge in [-0.05, 0) is 48.7 Å². The van der Waals surface area contributed by atoms with E-state index in [-0.39, 0.29) is 24.8 Å². The Hall–Kier alpha value is -2.83. The number of carbonyl (C=O) groups excluding carboxylic acids is 1. The maximum atomic E-state index is 13.0. The Balaban J connectivity index is 1.94. The summed E-state index contributed by atoms with van der Waals surface area (Å²) < 4.78 is 0. The molecule has 2 aromatic carbocycles. The van der Waals surface area contributed by atoms with Crippen LogP contribution in [-0.4, -0.2) is 44.4 Å². The number of rotatable bonds is 4. The molecule has 1 aliphatic heterocycles. The van der Waals surface area contributed by atoms with Crippen LogP contribution in [0.15, 0.2) is 36.4 Å². The van der Waals surface area contributed by atoms with E-state index >= 15 is 0 Å². The standard InChI is InChI=1S/C21H20ClN3O3/c1-11-9-12(2)20(27)15(10-11)17-16-18(24-23-17)21(28)25(7-8-26)19(16)13-3-5-14(22)6-4-13/h3-6,9-10,19,26-27H,7-8H2,1-2H3,(H,23,24)/t19-/m0/s1. The van der Waals surface area contributed by atoms with E-state index in [9.17, 15) is 15.0 Å². The van der Waals surface area contributed by atoms with Crippen molar-refractivity contribution in [2.45, 2.75) is 19.9 Å². The zero-order valence-corrected chi connectivity index (χ0v) is 16.3. The lowest BCUT2D eigenvalue weighted by Gasteiger charge is -2.25. The molecule has 144 valence electrons. The van der Waals surface area contributed by atoms with Gasteiger partial charge in [0.25, 0.3) is 5.91 Å². The van der Waals surface area contributed by atoms with Crippen LogP contribution in [0.1, 0.15) is 38.8 Å². The number of nitrogens with one attached hydrogen (secondary N) is 1. The maximum Gasteiger partial charge on any atom is 0.273 e. The van der Waals surface area contributed by atoms with E-state index in [1.54, 1.807) is 17.0 Å². The smallest absolute Gasteiger partial charge is 0.273 e. The van der Waals surface area contributed by atoms with E-state index in [4.69, 9.17) is 11.6 Å². The number of β-amino-alcohol motifs (C(OH)–C–C–N with tert-alkyl or cyclic N) is 1. The predicted molar refractivity (Wildman–Crippen MR) is 107 cm³/mol. The lowest BCUT2D eigenvalue weighted by molar-refractivity contribution is 0.0706. The van der Waals surface area contributed by atoms with Gasteiger partial charge in [-0.15, -0.1) is 0 Å². The summed E-state index contributed by atoms with van der Waals surface area (Å²) in [5, 5.41) is 27.9. The van der Waals surface area contributed by atoms with Crippen molar-refractivity contribution in [2.24, 2.45) is 0 Å². The molecule has 1 amide bonds. The van der Waals surface area contributed by atoms with Gasteiger partial charge in [0.1, 0.15) is 17.1 Å². The van der Waals surface area contributed by atoms with Crippen LogP contribution in [0, 0.1) is 13.8 Å². The number of benzene rings is 2. The van der Waals surface area contributed by atoms with E-state index in [2.05, 4.69) is 10.2 Å². The quantitative estimate of drug-likeness (QED) is 0.627. The van der Waals surface area contributed by atoms with Gasteiger partial charge in [-0.1, -0.05) is 29.8 Å². The Labute approximate surface area is 167 Å². The molecule has 0 spiro atoms. The molecule has 4 rings (SSSR count). The van der Waals surface area contributed by atoms with Crippen molar-refractivity contribution < 1.29 is 15.0 Å². The highest BCUT2D eigenvalue weighted by molar-refractivity contribution is 6.30. The molecule has 0 saturated carbocycles. The third-order valence-corrected chi connectivity index (χ3v) is 5.34. The number of carbonyl (C=O) groups is 1. The monoisotopic (exact) mass is 397 g/mol. The van der Waals surface area contributed by atoms with Gasteiger partial charge in [-0.2, -0.15) is 5.10 Å². The molecule has 0 aliphatic carbocycles. The second kappa shape index (κ2) is 6.96. The number of hydrogen-bond donors (Lipinski definition) is 3. The van der Waals surface area contributed by atoms with Crippen LogP contribution in [0.4, 0.5) is 0 Å². The number of H-pyrrole nitrogens is 1. The van der Waals surface area contributed by atoms with E-state index in [1.165, 1.54) is 0 Å². The van der Waals surface area contributed by atoms with Crippen molar-refractivity contribution in [3.05, 3.63) is 69.4 Å². The fourth-order valence-electron chi connectivity index (χ4n) is 3.87. The van der Waals surface area contributed by atoms with Gasteiger partial charge in [0, 0.05) is 22.7 Å². The molecule has 7 heteroatoms. The lowest BCUT2D eigenvalue weighted by atomic mass is 9.94. The van der Waals surface area contributed by atoms with Crippen LogP contribution in [0.3, 0.4) is 0 Å². The Morgan fingerprint density at radius 3 is 2.61 bits per heavy atom. The molecular weight excluding hydrogens is 378 g/mol. The summed E-state index contributed by atoms with van der Waals surface area (Å²) in [5.74, 6) is -0.0885. The van der Waals surface area contributed by atoms with Crippen molar-refractivity contribution in [1.82, 2.24) is 15.1 Å². The van der Waals surface area contributed by atoms with Crippen LogP contribution in [0.25, 0.3) is 11.3 Å². The fourth-order valence-corrected chi connectivity index (χ4v) is 4.00. The average Bonchev–Trinajstić information content (AvgIpc) is 3.19. The summed E-state index contributed by atoms with van der Waals surface area (Å²) in [5.41, 5.74) is 4.77. The molecule has 6 nitrogen and oxygen atoms in total. The third-order valence-electron chi connectivity index (χ3n) is 5.09. The topological polar surface area (TPSA) is 89.5 Å². The summed E-state index contributed by atoms with van der Waals surface area (Å²) in [6.45, 7) is 3.81. The zero-order valence-electron chi connectivity index (χ0n) is 15.5. The Kier molecular flexibility index (Phi) is 4.61. The van der Waals surface area contributed by atoms with E-state index in [0.29, 0.717) is 27.5 Å². The average molecular weight is 398 g/mol. The molecule has 1 aliphatic rings. The highest BCUT2D eigenvalue weighted by Crippen LogP contribution is 2.45. The van der Waals surface area contributed by atoms with Crippen LogP contribution in [0.2, 0.25) is 5.02 Å². The van der Waals surface area contributed by atoms with Crippen molar-refractivity contribution in [3.8, 4) is 17.0 Å². The van der Waals surface area contributed by atoms with Gasteiger partial charge in [-0.3, -0.25) is 9.89 Å². The van der Waals surface area contributed by atoms with E-state index in [0.717, 1.165) is 16.7 Å². The number of nitrogens with zero attached hydrogens (tertiary/aromatic N) is 2. The summed E-state index contributed by atoms with van der Waals surface area (Å²) in [4.78, 5) is 14.6. The molecule has 28 heavy (non-hydrogen) atoms. The third kappa shape index (κ3) is 2.85. The zero-order chi connectivity index (χ0) is 20.0. The van der Waals surface area contributed by atoms with Gasteiger partial charge >= 0.3 is 0 Å². The largest absolute Gasteiger partial charge is 0.507 e. The number of hydrogen-bond acceptors (Lipinski definition) is 4. The molecule has 1 atom stereocenters. The summed E-state index contributed by atoms with van der Waals surface area (Å²) in [6, 6.07) is 10.6. The second-order valence-electron chi connectivity index (χ2n) is 7.02. The van der Waals surface area contributed by atoms with Gasteiger partial charge in [0.2, 0.25) is 0 Å². The first-order valence-corrected chi connectivity index (χ1v) is 9.36. The number of phenols is 1. The minimum atomic E-state index is -0.430. The number of halogens is 1. The molecule has 3 aromatic rings. The number of aliphatic hydroxyl groups is 1. The molecule has 0 unspecified atom stereocenters. The van der Waals surface area contributed by atoms with Gasteiger partial charge in [0.05, 0.1) is 12.6 Å². The van der Waals surface area contributed by atoms with Crippen molar-refractivity contribution >= 4 is 17.5 Å². The number of aliphatic hydroxyl groups excluding tert-OH is 1. The molecule has 0 saturated heterocycles. The number of aromatic amines is 1. The first-order chi connectivity index (χ1) is 13.4. The van der Waals surface area contributed by atoms with Crippen molar-refractivity contribution in [2.75, 3.05) is 13.2 Å². The molecule has 0 fully saturated rings. The number of aryl methyl sites for hydroxylation is 2. The van der Waals surface area contributed by atoms with Crippen LogP contribution in [-0.2, 0) is 0 Å². The molecule has 2 heterocycles. The first-order valence-electron chi connectivity index (χ1n) is 8.98. The predicted octanol–water partition coefficient (Wildman–Crippen LogP) is 3.59. The number of aromatic hydroxyl groups is 1. The summed E-state index contributed by atoms with van der Waals surface area (Å²) in [6.07, 6.45) is 0.